The molecule has 0 aliphatic carbocycles. The summed E-state index contributed by atoms with van der Waals surface area (Å²) in [4.78, 5) is 16.4. The molecule has 0 bridgehead atoms. The van der Waals surface area contributed by atoms with Crippen molar-refractivity contribution < 1.29 is 9.53 Å². The number of benzene rings is 1. The van der Waals surface area contributed by atoms with Gasteiger partial charge in [-0.25, -0.2) is 9.48 Å². The van der Waals surface area contributed by atoms with Crippen molar-refractivity contribution in [2.75, 3.05) is 6.61 Å². The summed E-state index contributed by atoms with van der Waals surface area (Å²) in [5, 5.41) is 14.5. The zero-order valence-corrected chi connectivity index (χ0v) is 12.6. The summed E-state index contributed by atoms with van der Waals surface area (Å²) in [5.41, 5.74) is 1.99. The van der Waals surface area contributed by atoms with Crippen LogP contribution in [-0.4, -0.2) is 27.3 Å². The third-order valence-electron chi connectivity index (χ3n) is 3.41. The van der Waals surface area contributed by atoms with E-state index in [-0.39, 0.29) is 17.9 Å². The molecule has 3 rings (SSSR count). The maximum absolute atomic E-state index is 11.8. The summed E-state index contributed by atoms with van der Waals surface area (Å²) in [6.07, 6.45) is 1.36. The van der Waals surface area contributed by atoms with Gasteiger partial charge in [0.15, 0.2) is 5.69 Å². The van der Waals surface area contributed by atoms with Crippen LogP contribution in [0.15, 0.2) is 42.6 Å². The summed E-state index contributed by atoms with van der Waals surface area (Å²) in [7, 11) is 0. The van der Waals surface area contributed by atoms with E-state index in [9.17, 15) is 10.1 Å². The number of para-hydroxylation sites is 1. The van der Waals surface area contributed by atoms with E-state index in [0.29, 0.717) is 6.54 Å². The number of nitrogens with zero attached hydrogens (tertiary/aromatic N) is 4. The predicted molar refractivity (Wildman–Crippen MR) is 83.7 cm³/mol. The van der Waals surface area contributed by atoms with Crippen molar-refractivity contribution in [1.82, 2.24) is 14.8 Å². The topological polar surface area (TPSA) is 80.8 Å². The number of rotatable bonds is 4. The average molecular weight is 306 g/mol. The van der Waals surface area contributed by atoms with Crippen LogP contribution < -0.4 is 0 Å². The van der Waals surface area contributed by atoms with Gasteiger partial charge in [0.1, 0.15) is 11.6 Å². The van der Waals surface area contributed by atoms with Crippen LogP contribution in [-0.2, 0) is 11.3 Å². The van der Waals surface area contributed by atoms with Gasteiger partial charge in [-0.1, -0.05) is 24.3 Å². The zero-order chi connectivity index (χ0) is 16.2. The van der Waals surface area contributed by atoms with E-state index < -0.39 is 5.97 Å². The van der Waals surface area contributed by atoms with Crippen molar-refractivity contribution in [3.63, 3.8) is 0 Å². The van der Waals surface area contributed by atoms with Gasteiger partial charge in [-0.2, -0.15) is 10.4 Å². The minimum Gasteiger partial charge on any atom is -0.462 e. The molecule has 114 valence electrons. The van der Waals surface area contributed by atoms with E-state index in [1.165, 1.54) is 10.9 Å². The van der Waals surface area contributed by atoms with Crippen molar-refractivity contribution in [2.45, 2.75) is 13.5 Å². The highest BCUT2D eigenvalue weighted by Gasteiger charge is 2.18. The van der Waals surface area contributed by atoms with Crippen LogP contribution in [0.3, 0.4) is 0 Å². The van der Waals surface area contributed by atoms with E-state index in [1.807, 2.05) is 42.5 Å². The lowest BCUT2D eigenvalue weighted by Crippen LogP contribution is -2.09. The first-order chi connectivity index (χ1) is 11.2. The summed E-state index contributed by atoms with van der Waals surface area (Å²) in [6.45, 7) is 2.28. The molecule has 0 aliphatic heterocycles. The summed E-state index contributed by atoms with van der Waals surface area (Å²) >= 11 is 0. The number of carbonyl (C=O) groups is 1. The number of nitriles is 1. The molecular weight excluding hydrogens is 292 g/mol. The fourth-order valence-electron chi connectivity index (χ4n) is 2.33. The SMILES string of the molecule is CCOC(=O)c1cnn(Cc2ccc3ccccc3n2)c1C#N. The smallest absolute Gasteiger partial charge is 0.342 e. The van der Waals surface area contributed by atoms with Gasteiger partial charge in [0, 0.05) is 5.39 Å². The molecule has 3 aromatic rings. The number of fused-ring (bicyclic) bond motifs is 1. The number of pyridine rings is 1. The van der Waals surface area contributed by atoms with Gasteiger partial charge in [0.25, 0.3) is 0 Å². The van der Waals surface area contributed by atoms with Crippen LogP contribution in [0.25, 0.3) is 10.9 Å². The van der Waals surface area contributed by atoms with Gasteiger partial charge in [0.2, 0.25) is 0 Å². The number of hydrogen-bond donors (Lipinski definition) is 0. The van der Waals surface area contributed by atoms with Gasteiger partial charge in [0.05, 0.1) is 30.6 Å². The van der Waals surface area contributed by atoms with E-state index in [4.69, 9.17) is 4.74 Å². The second kappa shape index (κ2) is 6.28. The maximum atomic E-state index is 11.8. The fourth-order valence-corrected chi connectivity index (χ4v) is 2.33. The molecule has 0 spiro atoms. The third-order valence-corrected chi connectivity index (χ3v) is 3.41. The van der Waals surface area contributed by atoms with Gasteiger partial charge < -0.3 is 4.74 Å². The first-order valence-electron chi connectivity index (χ1n) is 7.20. The maximum Gasteiger partial charge on any atom is 0.342 e. The molecule has 0 saturated heterocycles. The first-order valence-corrected chi connectivity index (χ1v) is 7.20. The van der Waals surface area contributed by atoms with Gasteiger partial charge in [-0.05, 0) is 19.1 Å². The fraction of sp³-hybridized carbons (Fsp3) is 0.176. The monoisotopic (exact) mass is 306 g/mol. The molecule has 0 radical (unpaired) electrons. The number of aromatic nitrogens is 3. The Balaban J connectivity index is 1.92. The van der Waals surface area contributed by atoms with Crippen molar-refractivity contribution in [3.8, 4) is 6.07 Å². The molecule has 6 heteroatoms. The van der Waals surface area contributed by atoms with E-state index >= 15 is 0 Å². The second-order valence-corrected chi connectivity index (χ2v) is 4.89. The molecule has 6 nitrogen and oxygen atoms in total. The molecule has 0 N–H and O–H groups in total. The Hall–Kier alpha value is -3.20. The van der Waals surface area contributed by atoms with Crippen LogP contribution in [0.2, 0.25) is 0 Å². The Morgan fingerprint density at radius 3 is 2.91 bits per heavy atom. The lowest BCUT2D eigenvalue weighted by Gasteiger charge is -2.05. The molecule has 2 aromatic heterocycles. The molecule has 23 heavy (non-hydrogen) atoms. The molecule has 0 amide bonds. The molecule has 2 heterocycles. The molecule has 0 unspecified atom stereocenters. The lowest BCUT2D eigenvalue weighted by atomic mass is 10.2. The number of esters is 1. The molecule has 1 aromatic carbocycles. The van der Waals surface area contributed by atoms with Crippen LogP contribution in [0, 0.1) is 11.3 Å². The summed E-state index contributed by atoms with van der Waals surface area (Å²) in [6, 6.07) is 13.7. The van der Waals surface area contributed by atoms with Crippen LogP contribution >= 0.6 is 0 Å². The van der Waals surface area contributed by atoms with Crippen molar-refractivity contribution in [1.29, 1.82) is 5.26 Å². The largest absolute Gasteiger partial charge is 0.462 e. The highest BCUT2D eigenvalue weighted by atomic mass is 16.5. The summed E-state index contributed by atoms with van der Waals surface area (Å²) < 4.78 is 6.39. The van der Waals surface area contributed by atoms with Gasteiger partial charge in [-0.15, -0.1) is 0 Å². The Morgan fingerprint density at radius 1 is 1.30 bits per heavy atom. The van der Waals surface area contributed by atoms with E-state index in [2.05, 4.69) is 10.1 Å². The zero-order valence-electron chi connectivity index (χ0n) is 12.6. The first kappa shape index (κ1) is 14.7. The molecule has 0 fully saturated rings. The van der Waals surface area contributed by atoms with Crippen LogP contribution in [0.1, 0.15) is 28.7 Å². The van der Waals surface area contributed by atoms with Gasteiger partial charge >= 0.3 is 5.97 Å². The highest BCUT2D eigenvalue weighted by Crippen LogP contribution is 2.15. The van der Waals surface area contributed by atoms with Crippen LogP contribution in [0.5, 0.6) is 0 Å². The number of carbonyl (C=O) groups excluding carboxylic acids is 1. The molecule has 0 saturated carbocycles. The minimum absolute atomic E-state index is 0.176. The Morgan fingerprint density at radius 2 is 2.13 bits per heavy atom. The normalized spacial score (nSPS) is 10.4. The average Bonchev–Trinajstić information content (AvgIpc) is 2.97. The quantitative estimate of drug-likeness (QED) is 0.692. The minimum atomic E-state index is -0.540. The van der Waals surface area contributed by atoms with Gasteiger partial charge in [-0.3, -0.25) is 4.98 Å². The van der Waals surface area contributed by atoms with Crippen molar-refractivity contribution in [3.05, 3.63) is 59.5 Å². The third kappa shape index (κ3) is 2.90. The Kier molecular flexibility index (Phi) is 4.02. The van der Waals surface area contributed by atoms with Crippen molar-refractivity contribution in [2.24, 2.45) is 0 Å². The number of ether oxygens (including phenoxy) is 1. The lowest BCUT2D eigenvalue weighted by molar-refractivity contribution is 0.0526. The molecule has 0 aliphatic rings. The van der Waals surface area contributed by atoms with Crippen LogP contribution in [0.4, 0.5) is 0 Å². The predicted octanol–water partition coefficient (Wildman–Crippen LogP) is 2.53. The molecule has 0 atom stereocenters. The second-order valence-electron chi connectivity index (χ2n) is 4.89. The molecular formula is C17H14N4O2. The van der Waals surface area contributed by atoms with Crippen molar-refractivity contribution >= 4 is 16.9 Å². The van der Waals surface area contributed by atoms with E-state index in [0.717, 1.165) is 16.6 Å². The summed E-state index contributed by atoms with van der Waals surface area (Å²) in [5.74, 6) is -0.540. The Bertz CT molecular complexity index is 908. The Labute approximate surface area is 132 Å². The highest BCUT2D eigenvalue weighted by molar-refractivity contribution is 5.91. The standard InChI is InChI=1S/C17H14N4O2/c1-2-23-17(22)14-10-19-21(16(14)9-18)11-13-8-7-12-5-3-4-6-15(12)20-13/h3-8,10H,2,11H2,1H3. The number of hydrogen-bond acceptors (Lipinski definition) is 5. The van der Waals surface area contributed by atoms with E-state index in [1.54, 1.807) is 6.92 Å².